The first-order valence-corrected chi connectivity index (χ1v) is 5.99. The molecule has 1 aromatic heterocycles. The van der Waals surface area contributed by atoms with E-state index in [-0.39, 0.29) is 0 Å². The molecule has 2 heteroatoms. The summed E-state index contributed by atoms with van der Waals surface area (Å²) in [6, 6.07) is 8.26. The predicted molar refractivity (Wildman–Crippen MR) is 69.7 cm³/mol. The molecule has 0 fully saturated rings. The van der Waals surface area contributed by atoms with Crippen molar-refractivity contribution in [1.29, 1.82) is 0 Å². The fraction of sp³-hybridized carbons (Fsp3) is 0.267. The highest BCUT2D eigenvalue weighted by Crippen LogP contribution is 2.39. The van der Waals surface area contributed by atoms with Gasteiger partial charge in [-0.1, -0.05) is 31.7 Å². The molecule has 1 aliphatic rings. The molecule has 0 saturated carbocycles. The molecular formula is C15H15NO. The van der Waals surface area contributed by atoms with E-state index in [1.165, 1.54) is 5.56 Å². The average molecular weight is 225 g/mol. The quantitative estimate of drug-likeness (QED) is 0.808. The highest BCUT2D eigenvalue weighted by Gasteiger charge is 2.25. The molecule has 0 amide bonds. The summed E-state index contributed by atoms with van der Waals surface area (Å²) in [6.45, 7) is 6.12. The third-order valence-electron chi connectivity index (χ3n) is 3.47. The van der Waals surface area contributed by atoms with Crippen molar-refractivity contribution in [2.45, 2.75) is 25.9 Å². The highest BCUT2D eigenvalue weighted by atomic mass is 16.3. The number of para-hydroxylation sites is 1. The van der Waals surface area contributed by atoms with E-state index in [2.05, 4.69) is 31.7 Å². The predicted octanol–water partition coefficient (Wildman–Crippen LogP) is 3.25. The third kappa shape index (κ3) is 1.48. The number of rotatable bonds is 1. The van der Waals surface area contributed by atoms with Crippen LogP contribution in [0.25, 0.3) is 16.5 Å². The summed E-state index contributed by atoms with van der Waals surface area (Å²) >= 11 is 0. The van der Waals surface area contributed by atoms with Gasteiger partial charge in [0.15, 0.2) is 0 Å². The van der Waals surface area contributed by atoms with Gasteiger partial charge in [-0.05, 0) is 23.6 Å². The Bertz CT molecular complexity index is 616. The number of hydrogen-bond acceptors (Lipinski definition) is 2. The first-order valence-electron chi connectivity index (χ1n) is 5.99. The Balaban J connectivity index is 2.35. The Morgan fingerprint density at radius 2 is 2.29 bits per heavy atom. The van der Waals surface area contributed by atoms with Gasteiger partial charge in [0.2, 0.25) is 0 Å². The Kier molecular flexibility index (Phi) is 2.26. The molecule has 1 N–H and O–H groups in total. The zero-order valence-electron chi connectivity index (χ0n) is 9.90. The van der Waals surface area contributed by atoms with Crippen LogP contribution in [0.15, 0.2) is 30.8 Å². The molecule has 0 bridgehead atoms. The van der Waals surface area contributed by atoms with Crippen molar-refractivity contribution in [3.63, 3.8) is 0 Å². The highest BCUT2D eigenvalue weighted by molar-refractivity contribution is 5.86. The van der Waals surface area contributed by atoms with E-state index >= 15 is 0 Å². The summed E-state index contributed by atoms with van der Waals surface area (Å²) in [5.74, 6) is 0. The van der Waals surface area contributed by atoms with Crippen LogP contribution in [0, 0.1) is 0 Å². The minimum atomic E-state index is -0.431. The van der Waals surface area contributed by atoms with Crippen LogP contribution in [0.3, 0.4) is 0 Å². The van der Waals surface area contributed by atoms with Gasteiger partial charge in [0.1, 0.15) is 0 Å². The maximum absolute atomic E-state index is 9.94. The molecule has 0 aliphatic heterocycles. The van der Waals surface area contributed by atoms with Crippen molar-refractivity contribution in [1.82, 2.24) is 4.98 Å². The van der Waals surface area contributed by atoms with Crippen molar-refractivity contribution in [3.05, 3.63) is 47.7 Å². The molecule has 0 radical (unpaired) electrons. The number of hydrogen-bond donors (Lipinski definition) is 1. The SMILES string of the molecule is C=C1CC(O)c2cc3cccc(CC)c3nc21. The van der Waals surface area contributed by atoms with Gasteiger partial charge >= 0.3 is 0 Å². The zero-order valence-corrected chi connectivity index (χ0v) is 9.90. The van der Waals surface area contributed by atoms with Crippen molar-refractivity contribution in [2.24, 2.45) is 0 Å². The lowest BCUT2D eigenvalue weighted by molar-refractivity contribution is 0.190. The molecule has 1 aliphatic carbocycles. The van der Waals surface area contributed by atoms with Crippen LogP contribution in [-0.2, 0) is 6.42 Å². The van der Waals surface area contributed by atoms with Crippen molar-refractivity contribution >= 4 is 16.5 Å². The van der Waals surface area contributed by atoms with Crippen LogP contribution in [0.2, 0.25) is 0 Å². The van der Waals surface area contributed by atoms with Gasteiger partial charge in [-0.2, -0.15) is 0 Å². The van der Waals surface area contributed by atoms with Gasteiger partial charge in [0.05, 0.1) is 17.3 Å². The van der Waals surface area contributed by atoms with E-state index in [0.717, 1.165) is 34.2 Å². The molecule has 1 unspecified atom stereocenters. The first kappa shape index (κ1) is 10.5. The van der Waals surface area contributed by atoms with E-state index in [1.54, 1.807) is 0 Å². The van der Waals surface area contributed by atoms with Crippen molar-refractivity contribution in [2.75, 3.05) is 0 Å². The number of aromatic nitrogens is 1. The fourth-order valence-electron chi connectivity index (χ4n) is 2.54. The summed E-state index contributed by atoms with van der Waals surface area (Å²) in [7, 11) is 0. The summed E-state index contributed by atoms with van der Waals surface area (Å²) < 4.78 is 0. The summed E-state index contributed by atoms with van der Waals surface area (Å²) in [5, 5.41) is 11.0. The second kappa shape index (κ2) is 3.67. The van der Waals surface area contributed by atoms with Gasteiger partial charge in [-0.25, -0.2) is 4.98 Å². The molecule has 17 heavy (non-hydrogen) atoms. The molecule has 0 spiro atoms. The van der Waals surface area contributed by atoms with Crippen LogP contribution < -0.4 is 0 Å². The molecular weight excluding hydrogens is 210 g/mol. The van der Waals surface area contributed by atoms with E-state index in [4.69, 9.17) is 4.98 Å². The Hall–Kier alpha value is -1.67. The smallest absolute Gasteiger partial charge is 0.0852 e. The van der Waals surface area contributed by atoms with E-state index in [0.29, 0.717) is 6.42 Å². The minimum Gasteiger partial charge on any atom is -0.388 e. The molecule has 1 aromatic carbocycles. The lowest BCUT2D eigenvalue weighted by Crippen LogP contribution is -1.95. The number of benzene rings is 1. The number of fused-ring (bicyclic) bond motifs is 2. The summed E-state index contributed by atoms with van der Waals surface area (Å²) in [6.07, 6.45) is 1.15. The fourth-order valence-corrected chi connectivity index (χ4v) is 2.54. The maximum Gasteiger partial charge on any atom is 0.0852 e. The van der Waals surface area contributed by atoms with Crippen molar-refractivity contribution < 1.29 is 5.11 Å². The van der Waals surface area contributed by atoms with Crippen LogP contribution in [0.5, 0.6) is 0 Å². The topological polar surface area (TPSA) is 33.1 Å². The lowest BCUT2D eigenvalue weighted by Gasteiger charge is -2.08. The minimum absolute atomic E-state index is 0.431. The number of aryl methyl sites for hydroxylation is 1. The molecule has 86 valence electrons. The average Bonchev–Trinajstić information content (AvgIpc) is 2.62. The summed E-state index contributed by atoms with van der Waals surface area (Å²) in [4.78, 5) is 4.70. The molecule has 3 rings (SSSR count). The van der Waals surface area contributed by atoms with Gasteiger partial charge < -0.3 is 5.11 Å². The van der Waals surface area contributed by atoms with Gasteiger partial charge in [0, 0.05) is 17.4 Å². The maximum atomic E-state index is 9.94. The molecule has 0 saturated heterocycles. The van der Waals surface area contributed by atoms with Gasteiger partial charge in [-0.15, -0.1) is 0 Å². The number of aliphatic hydroxyl groups excluding tert-OH is 1. The summed E-state index contributed by atoms with van der Waals surface area (Å²) in [5.41, 5.74) is 5.06. The molecule has 1 atom stereocenters. The van der Waals surface area contributed by atoms with E-state index < -0.39 is 6.10 Å². The van der Waals surface area contributed by atoms with Crippen LogP contribution >= 0.6 is 0 Å². The Morgan fingerprint density at radius 1 is 1.47 bits per heavy atom. The van der Waals surface area contributed by atoms with E-state index in [9.17, 15) is 5.11 Å². The van der Waals surface area contributed by atoms with Gasteiger partial charge in [-0.3, -0.25) is 0 Å². The van der Waals surface area contributed by atoms with Gasteiger partial charge in [0.25, 0.3) is 0 Å². The Labute approximate surface area is 101 Å². The van der Waals surface area contributed by atoms with Crippen LogP contribution in [0.4, 0.5) is 0 Å². The third-order valence-corrected chi connectivity index (χ3v) is 3.47. The Morgan fingerprint density at radius 3 is 3.06 bits per heavy atom. The lowest BCUT2D eigenvalue weighted by atomic mass is 10.0. The molecule has 1 heterocycles. The largest absolute Gasteiger partial charge is 0.388 e. The number of nitrogens with zero attached hydrogens (tertiary/aromatic N) is 1. The molecule has 2 nitrogen and oxygen atoms in total. The zero-order chi connectivity index (χ0) is 12.0. The van der Waals surface area contributed by atoms with E-state index in [1.807, 2.05) is 6.07 Å². The second-order valence-electron chi connectivity index (χ2n) is 4.59. The van der Waals surface area contributed by atoms with Crippen LogP contribution in [-0.4, -0.2) is 10.1 Å². The monoisotopic (exact) mass is 225 g/mol. The number of aliphatic hydroxyl groups is 1. The van der Waals surface area contributed by atoms with Crippen molar-refractivity contribution in [3.8, 4) is 0 Å². The first-order chi connectivity index (χ1) is 8.20. The number of pyridine rings is 1. The second-order valence-corrected chi connectivity index (χ2v) is 4.59. The van der Waals surface area contributed by atoms with Crippen LogP contribution in [0.1, 0.15) is 36.3 Å². The normalized spacial score (nSPS) is 18.7. The standard InChI is InChI=1S/C15H15NO/c1-3-10-5-4-6-11-8-12-13(17)7-9(2)14(12)16-15(10)11/h4-6,8,13,17H,2-3,7H2,1H3. The molecule has 2 aromatic rings.